The van der Waals surface area contributed by atoms with Gasteiger partial charge in [0, 0.05) is 19.9 Å². The summed E-state index contributed by atoms with van der Waals surface area (Å²) in [4.78, 5) is 4.06. The molecule has 8 nitrogen and oxygen atoms in total. The molecule has 2 aromatic rings. The number of benzene rings is 1. The van der Waals surface area contributed by atoms with Gasteiger partial charge in [-0.3, -0.25) is 0 Å². The maximum absolute atomic E-state index is 11.3. The second-order valence-corrected chi connectivity index (χ2v) is 5.76. The third-order valence-electron chi connectivity index (χ3n) is 2.59. The zero-order chi connectivity index (χ0) is 14.8. The van der Waals surface area contributed by atoms with Gasteiger partial charge in [-0.25, -0.2) is 13.6 Å². The fourth-order valence-electron chi connectivity index (χ4n) is 1.62. The molecule has 2 rings (SSSR count). The first-order valence-electron chi connectivity index (χ1n) is 5.81. The molecule has 0 amide bonds. The van der Waals surface area contributed by atoms with Gasteiger partial charge in [-0.1, -0.05) is 5.16 Å². The van der Waals surface area contributed by atoms with Crippen LogP contribution in [0.5, 0.6) is 0 Å². The van der Waals surface area contributed by atoms with E-state index in [1.54, 1.807) is 6.92 Å². The van der Waals surface area contributed by atoms with Crippen LogP contribution in [0.3, 0.4) is 0 Å². The third kappa shape index (κ3) is 3.45. The van der Waals surface area contributed by atoms with E-state index in [2.05, 4.69) is 15.5 Å². The van der Waals surface area contributed by atoms with Crippen LogP contribution in [-0.4, -0.2) is 25.1 Å². The summed E-state index contributed by atoms with van der Waals surface area (Å²) in [6.45, 7) is 2.19. The van der Waals surface area contributed by atoms with Crippen LogP contribution >= 0.6 is 0 Å². The molecule has 0 saturated heterocycles. The SMILES string of the molecule is Cc1nc(CCNc2cc(S(N)(=O)=O)ccc2N)no1. The molecule has 20 heavy (non-hydrogen) atoms. The molecule has 1 heterocycles. The Bertz CT molecular complexity index is 711. The van der Waals surface area contributed by atoms with Crippen molar-refractivity contribution in [2.45, 2.75) is 18.2 Å². The minimum Gasteiger partial charge on any atom is -0.397 e. The number of rotatable bonds is 5. The molecule has 9 heteroatoms. The summed E-state index contributed by atoms with van der Waals surface area (Å²) in [6, 6.07) is 4.24. The van der Waals surface area contributed by atoms with Gasteiger partial charge >= 0.3 is 0 Å². The molecule has 0 atom stereocenters. The summed E-state index contributed by atoms with van der Waals surface area (Å²) in [6.07, 6.45) is 0.524. The van der Waals surface area contributed by atoms with Crippen LogP contribution in [0, 0.1) is 6.92 Å². The molecule has 1 aromatic heterocycles. The molecule has 0 aliphatic heterocycles. The van der Waals surface area contributed by atoms with Crippen molar-refractivity contribution in [2.75, 3.05) is 17.6 Å². The van der Waals surface area contributed by atoms with E-state index in [1.807, 2.05) is 0 Å². The Kier molecular flexibility index (Phi) is 3.91. The first-order valence-corrected chi connectivity index (χ1v) is 7.36. The molecule has 5 N–H and O–H groups in total. The summed E-state index contributed by atoms with van der Waals surface area (Å²) in [5, 5.41) is 11.8. The first kappa shape index (κ1) is 14.3. The highest BCUT2D eigenvalue weighted by molar-refractivity contribution is 7.89. The second kappa shape index (κ2) is 5.47. The van der Waals surface area contributed by atoms with Gasteiger partial charge in [-0.2, -0.15) is 4.98 Å². The number of hydrogen-bond acceptors (Lipinski definition) is 7. The summed E-state index contributed by atoms with van der Waals surface area (Å²) < 4.78 is 27.4. The van der Waals surface area contributed by atoms with Gasteiger partial charge in [0.25, 0.3) is 0 Å². The van der Waals surface area contributed by atoms with Crippen LogP contribution in [0.15, 0.2) is 27.6 Å². The Labute approximate surface area is 116 Å². The standard InChI is InChI=1S/C11H15N5O3S/c1-7-15-11(16-19-7)4-5-14-10-6-8(20(13,17)18)2-3-9(10)12/h2-3,6,14H,4-5,12H2,1H3,(H2,13,17,18). The van der Waals surface area contributed by atoms with Crippen molar-refractivity contribution in [3.63, 3.8) is 0 Å². The molecule has 0 aliphatic rings. The Balaban J connectivity index is 2.05. The van der Waals surface area contributed by atoms with Gasteiger partial charge in [0.1, 0.15) is 0 Å². The maximum atomic E-state index is 11.3. The zero-order valence-electron chi connectivity index (χ0n) is 10.8. The summed E-state index contributed by atoms with van der Waals surface area (Å²) >= 11 is 0. The zero-order valence-corrected chi connectivity index (χ0v) is 11.6. The predicted octanol–water partition coefficient (Wildman–Crippen LogP) is 0.262. The van der Waals surface area contributed by atoms with E-state index >= 15 is 0 Å². The highest BCUT2D eigenvalue weighted by atomic mass is 32.2. The fraction of sp³-hybridized carbons (Fsp3) is 0.273. The minimum atomic E-state index is -3.75. The minimum absolute atomic E-state index is 0.00426. The van der Waals surface area contributed by atoms with E-state index in [1.165, 1.54) is 18.2 Å². The Morgan fingerprint density at radius 1 is 1.40 bits per heavy atom. The van der Waals surface area contributed by atoms with Crippen molar-refractivity contribution in [1.29, 1.82) is 0 Å². The van der Waals surface area contributed by atoms with Crippen LogP contribution < -0.4 is 16.2 Å². The smallest absolute Gasteiger partial charge is 0.238 e. The van der Waals surface area contributed by atoms with Gasteiger partial charge in [-0.15, -0.1) is 0 Å². The second-order valence-electron chi connectivity index (χ2n) is 4.20. The van der Waals surface area contributed by atoms with E-state index in [4.69, 9.17) is 15.4 Å². The van der Waals surface area contributed by atoms with Crippen molar-refractivity contribution < 1.29 is 12.9 Å². The molecule has 0 bridgehead atoms. The highest BCUT2D eigenvalue weighted by Gasteiger charge is 2.10. The van der Waals surface area contributed by atoms with Crippen LogP contribution in [-0.2, 0) is 16.4 Å². The number of nitrogens with zero attached hydrogens (tertiary/aromatic N) is 2. The molecular weight excluding hydrogens is 282 g/mol. The molecule has 0 unspecified atom stereocenters. The number of aryl methyl sites for hydroxylation is 1. The Morgan fingerprint density at radius 2 is 2.15 bits per heavy atom. The number of aromatic nitrogens is 2. The quantitative estimate of drug-likeness (QED) is 0.673. The topological polar surface area (TPSA) is 137 Å². The van der Waals surface area contributed by atoms with Crippen LogP contribution in [0.2, 0.25) is 0 Å². The number of anilines is 2. The summed E-state index contributed by atoms with van der Waals surface area (Å²) in [7, 11) is -3.75. The molecule has 0 spiro atoms. The number of nitrogen functional groups attached to an aromatic ring is 1. The van der Waals surface area contributed by atoms with Gasteiger partial charge < -0.3 is 15.6 Å². The van der Waals surface area contributed by atoms with E-state index in [0.29, 0.717) is 36.1 Å². The predicted molar refractivity (Wildman–Crippen MR) is 73.5 cm³/mol. The van der Waals surface area contributed by atoms with Gasteiger partial charge in [0.05, 0.1) is 16.3 Å². The van der Waals surface area contributed by atoms with Crippen LogP contribution in [0.25, 0.3) is 0 Å². The van der Waals surface area contributed by atoms with Gasteiger partial charge in [0.15, 0.2) is 5.82 Å². The molecule has 1 aromatic carbocycles. The average Bonchev–Trinajstić information content (AvgIpc) is 2.76. The van der Waals surface area contributed by atoms with E-state index in [0.717, 1.165) is 0 Å². The van der Waals surface area contributed by atoms with Crippen molar-refractivity contribution >= 4 is 21.4 Å². The van der Waals surface area contributed by atoms with Crippen molar-refractivity contribution in [2.24, 2.45) is 5.14 Å². The van der Waals surface area contributed by atoms with Crippen molar-refractivity contribution in [3.05, 3.63) is 29.9 Å². The summed E-state index contributed by atoms with van der Waals surface area (Å²) in [5.41, 5.74) is 6.70. The van der Waals surface area contributed by atoms with Gasteiger partial charge in [-0.05, 0) is 18.2 Å². The Morgan fingerprint density at radius 3 is 2.75 bits per heavy atom. The van der Waals surface area contributed by atoms with E-state index < -0.39 is 10.0 Å². The molecule has 0 fully saturated rings. The highest BCUT2D eigenvalue weighted by Crippen LogP contribution is 2.22. The normalized spacial score (nSPS) is 11.5. The van der Waals surface area contributed by atoms with Crippen molar-refractivity contribution in [1.82, 2.24) is 10.1 Å². The lowest BCUT2D eigenvalue weighted by Gasteiger charge is -2.09. The monoisotopic (exact) mass is 297 g/mol. The third-order valence-corrected chi connectivity index (χ3v) is 3.50. The number of sulfonamides is 1. The maximum Gasteiger partial charge on any atom is 0.238 e. The van der Waals surface area contributed by atoms with Crippen LogP contribution in [0.1, 0.15) is 11.7 Å². The number of nitrogens with two attached hydrogens (primary N) is 2. The molecule has 0 aliphatic carbocycles. The van der Waals surface area contributed by atoms with Gasteiger partial charge in [0.2, 0.25) is 15.9 Å². The lowest BCUT2D eigenvalue weighted by atomic mass is 10.2. The molecule has 0 saturated carbocycles. The lowest BCUT2D eigenvalue weighted by Crippen LogP contribution is -2.14. The molecule has 108 valence electrons. The number of primary sulfonamides is 1. The average molecular weight is 297 g/mol. The lowest BCUT2D eigenvalue weighted by molar-refractivity contribution is 0.387. The number of hydrogen-bond donors (Lipinski definition) is 3. The fourth-order valence-corrected chi connectivity index (χ4v) is 2.16. The van der Waals surface area contributed by atoms with Crippen molar-refractivity contribution in [3.8, 4) is 0 Å². The van der Waals surface area contributed by atoms with E-state index in [9.17, 15) is 8.42 Å². The summed E-state index contributed by atoms with van der Waals surface area (Å²) in [5.74, 6) is 1.06. The van der Waals surface area contributed by atoms with E-state index in [-0.39, 0.29) is 4.90 Å². The number of nitrogens with one attached hydrogen (secondary N) is 1. The molecular formula is C11H15N5O3S. The first-order chi connectivity index (χ1) is 9.36. The largest absolute Gasteiger partial charge is 0.397 e. The molecule has 0 radical (unpaired) electrons. The van der Waals surface area contributed by atoms with Crippen LogP contribution in [0.4, 0.5) is 11.4 Å². The Hall–Kier alpha value is -2.13.